The standard InChI is InChI=1S/C30H32N4O2/c35-29(20-9-2-1-3-10-20)33-26-15-7-5-13-23(26)30(36)34-18-16-24-27(21-11-8-17-31-19-21)32-25-14-6-4-12-22(25)28(24)34/h1-4,6,8-12,14,17,19,23-24,26-28,32H,5,7,13,15-16,18H2,(H,33,35)/t23-,24-,26+,27+,28+/m0/s1. The zero-order valence-corrected chi connectivity index (χ0v) is 20.3. The summed E-state index contributed by atoms with van der Waals surface area (Å²) in [6.07, 6.45) is 8.38. The molecule has 1 aliphatic carbocycles. The number of hydrogen-bond acceptors (Lipinski definition) is 4. The van der Waals surface area contributed by atoms with Crippen LogP contribution >= 0.6 is 0 Å². The fourth-order valence-corrected chi connectivity index (χ4v) is 6.52. The van der Waals surface area contributed by atoms with Crippen LogP contribution in [0.1, 0.15) is 65.7 Å². The summed E-state index contributed by atoms with van der Waals surface area (Å²) >= 11 is 0. The van der Waals surface area contributed by atoms with E-state index in [0.717, 1.165) is 49.9 Å². The number of para-hydroxylation sites is 1. The van der Waals surface area contributed by atoms with Gasteiger partial charge in [0.05, 0.1) is 18.0 Å². The second kappa shape index (κ2) is 9.76. The number of carbonyl (C=O) groups excluding carboxylic acids is 2. The van der Waals surface area contributed by atoms with Crippen molar-refractivity contribution in [3.63, 3.8) is 0 Å². The maximum absolute atomic E-state index is 14.2. The maximum atomic E-state index is 14.2. The van der Waals surface area contributed by atoms with Crippen molar-refractivity contribution < 1.29 is 9.59 Å². The summed E-state index contributed by atoms with van der Waals surface area (Å²) in [6.45, 7) is 0.733. The topological polar surface area (TPSA) is 74.3 Å². The number of fused-ring (bicyclic) bond motifs is 3. The van der Waals surface area contributed by atoms with Crippen molar-refractivity contribution in [1.82, 2.24) is 15.2 Å². The highest BCUT2D eigenvalue weighted by atomic mass is 16.2. The molecule has 1 aromatic heterocycles. The first-order valence-electron chi connectivity index (χ1n) is 13.1. The summed E-state index contributed by atoms with van der Waals surface area (Å²) in [6, 6.07) is 21.8. The van der Waals surface area contributed by atoms with E-state index in [-0.39, 0.29) is 41.8 Å². The number of aromatic nitrogens is 1. The first kappa shape index (κ1) is 22.8. The van der Waals surface area contributed by atoms with E-state index in [9.17, 15) is 9.59 Å². The Morgan fingerprint density at radius 3 is 2.56 bits per heavy atom. The molecule has 3 aromatic rings. The molecule has 6 nitrogen and oxygen atoms in total. The number of benzene rings is 2. The summed E-state index contributed by atoms with van der Waals surface area (Å²) in [7, 11) is 0. The van der Waals surface area contributed by atoms with Crippen LogP contribution < -0.4 is 10.6 Å². The SMILES string of the molecule is O=C(N[C@@H]1CCCC[C@@H]1C(=O)N1CC[C@H]2[C@@H](c3cccnc3)Nc3ccccc3[C@H]21)c1ccccc1. The zero-order chi connectivity index (χ0) is 24.5. The third-order valence-corrected chi connectivity index (χ3v) is 8.23. The van der Waals surface area contributed by atoms with Crippen molar-refractivity contribution in [3.05, 3.63) is 95.8 Å². The van der Waals surface area contributed by atoms with Crippen molar-refractivity contribution in [1.29, 1.82) is 0 Å². The van der Waals surface area contributed by atoms with Gasteiger partial charge in [-0.3, -0.25) is 14.6 Å². The molecule has 2 aliphatic heterocycles. The highest BCUT2D eigenvalue weighted by molar-refractivity contribution is 5.94. The first-order chi connectivity index (χ1) is 17.7. The Kier molecular flexibility index (Phi) is 6.18. The molecule has 0 spiro atoms. The second-order valence-corrected chi connectivity index (χ2v) is 10.3. The lowest BCUT2D eigenvalue weighted by atomic mass is 9.79. The summed E-state index contributed by atoms with van der Waals surface area (Å²) in [5.41, 5.74) is 4.07. The zero-order valence-electron chi connectivity index (χ0n) is 20.3. The lowest BCUT2D eigenvalue weighted by Gasteiger charge is -2.42. The number of nitrogens with zero attached hydrogens (tertiary/aromatic N) is 2. The minimum absolute atomic E-state index is 0.0209. The van der Waals surface area contributed by atoms with Crippen molar-refractivity contribution in [2.45, 2.75) is 50.2 Å². The van der Waals surface area contributed by atoms with E-state index in [4.69, 9.17) is 0 Å². The summed E-state index contributed by atoms with van der Waals surface area (Å²) in [4.78, 5) is 33.6. The van der Waals surface area contributed by atoms with Crippen LogP contribution in [0.2, 0.25) is 0 Å². The van der Waals surface area contributed by atoms with Crippen LogP contribution in [-0.4, -0.2) is 34.3 Å². The van der Waals surface area contributed by atoms with Crippen LogP contribution in [0.15, 0.2) is 79.1 Å². The van der Waals surface area contributed by atoms with Crippen LogP contribution in [0.25, 0.3) is 0 Å². The quantitative estimate of drug-likeness (QED) is 0.543. The van der Waals surface area contributed by atoms with Crippen LogP contribution in [-0.2, 0) is 4.79 Å². The van der Waals surface area contributed by atoms with Gasteiger partial charge < -0.3 is 15.5 Å². The van der Waals surface area contributed by atoms with E-state index in [0.29, 0.717) is 5.56 Å². The molecule has 0 radical (unpaired) electrons. The molecule has 0 bridgehead atoms. The van der Waals surface area contributed by atoms with Gasteiger partial charge >= 0.3 is 0 Å². The van der Waals surface area contributed by atoms with Crippen LogP contribution in [0.3, 0.4) is 0 Å². The van der Waals surface area contributed by atoms with E-state index in [1.54, 1.807) is 6.20 Å². The highest BCUT2D eigenvalue weighted by Crippen LogP contribution is 2.51. The van der Waals surface area contributed by atoms with Gasteiger partial charge in [-0.15, -0.1) is 0 Å². The molecule has 5 atom stereocenters. The summed E-state index contributed by atoms with van der Waals surface area (Å²) in [5.74, 6) is 0.170. The van der Waals surface area contributed by atoms with Crippen molar-refractivity contribution in [2.75, 3.05) is 11.9 Å². The number of anilines is 1. The second-order valence-electron chi connectivity index (χ2n) is 10.3. The Balaban J connectivity index is 1.28. The van der Waals surface area contributed by atoms with Gasteiger partial charge in [0.25, 0.3) is 5.91 Å². The van der Waals surface area contributed by atoms with Crippen molar-refractivity contribution >= 4 is 17.5 Å². The average Bonchev–Trinajstić information content (AvgIpc) is 3.39. The third kappa shape index (κ3) is 4.15. The van der Waals surface area contributed by atoms with Gasteiger partial charge in [0, 0.05) is 42.1 Å². The monoisotopic (exact) mass is 480 g/mol. The molecule has 184 valence electrons. The van der Waals surface area contributed by atoms with E-state index in [1.807, 2.05) is 48.7 Å². The molecular weight excluding hydrogens is 448 g/mol. The van der Waals surface area contributed by atoms with Crippen molar-refractivity contribution in [3.8, 4) is 0 Å². The van der Waals surface area contributed by atoms with E-state index in [1.165, 1.54) is 5.56 Å². The van der Waals surface area contributed by atoms with E-state index < -0.39 is 0 Å². The molecule has 2 amide bonds. The van der Waals surface area contributed by atoms with E-state index >= 15 is 0 Å². The average molecular weight is 481 g/mol. The maximum Gasteiger partial charge on any atom is 0.251 e. The predicted octanol–water partition coefficient (Wildman–Crippen LogP) is 5.13. The van der Waals surface area contributed by atoms with Gasteiger partial charge in [0.2, 0.25) is 5.91 Å². The molecule has 3 heterocycles. The molecule has 2 N–H and O–H groups in total. The van der Waals surface area contributed by atoms with Crippen molar-refractivity contribution in [2.24, 2.45) is 11.8 Å². The number of amides is 2. The number of carbonyl (C=O) groups is 2. The minimum atomic E-state index is -0.191. The molecule has 2 aromatic carbocycles. The number of rotatable bonds is 4. The molecule has 1 saturated carbocycles. The van der Waals surface area contributed by atoms with Crippen LogP contribution in [0.5, 0.6) is 0 Å². The smallest absolute Gasteiger partial charge is 0.251 e. The van der Waals surface area contributed by atoms with Gasteiger partial charge in [-0.25, -0.2) is 0 Å². The highest BCUT2D eigenvalue weighted by Gasteiger charge is 2.48. The minimum Gasteiger partial charge on any atom is -0.378 e. The predicted molar refractivity (Wildman–Crippen MR) is 139 cm³/mol. The number of nitrogens with one attached hydrogen (secondary N) is 2. The van der Waals surface area contributed by atoms with Gasteiger partial charge in [0.1, 0.15) is 0 Å². The first-order valence-corrected chi connectivity index (χ1v) is 13.1. The molecule has 0 unspecified atom stereocenters. The van der Waals surface area contributed by atoms with Gasteiger partial charge in [-0.05, 0) is 54.7 Å². The fraction of sp³-hybridized carbons (Fsp3) is 0.367. The summed E-state index contributed by atoms with van der Waals surface area (Å²) < 4.78 is 0. The number of likely N-dealkylation sites (tertiary alicyclic amines) is 1. The Morgan fingerprint density at radius 1 is 0.917 bits per heavy atom. The third-order valence-electron chi connectivity index (χ3n) is 8.23. The lowest BCUT2D eigenvalue weighted by Crippen LogP contribution is -2.50. The molecule has 2 fully saturated rings. The van der Waals surface area contributed by atoms with Gasteiger partial charge in [-0.2, -0.15) is 0 Å². The largest absolute Gasteiger partial charge is 0.378 e. The molecule has 6 rings (SSSR count). The van der Waals surface area contributed by atoms with Crippen LogP contribution in [0.4, 0.5) is 5.69 Å². The Labute approximate surface area is 212 Å². The molecule has 36 heavy (non-hydrogen) atoms. The number of hydrogen-bond donors (Lipinski definition) is 2. The Morgan fingerprint density at radius 2 is 1.72 bits per heavy atom. The number of pyridine rings is 1. The normalized spacial score (nSPS) is 26.9. The Hall–Kier alpha value is -3.67. The molecular formula is C30H32N4O2. The van der Waals surface area contributed by atoms with Crippen LogP contribution in [0, 0.1) is 11.8 Å². The lowest BCUT2D eigenvalue weighted by molar-refractivity contribution is -0.138. The Bertz CT molecular complexity index is 1230. The van der Waals surface area contributed by atoms with E-state index in [2.05, 4.69) is 44.8 Å². The molecule has 1 saturated heterocycles. The molecule has 6 heteroatoms. The fourth-order valence-electron chi connectivity index (χ4n) is 6.52. The molecule has 3 aliphatic rings. The van der Waals surface area contributed by atoms with Gasteiger partial charge in [-0.1, -0.05) is 55.3 Å². The summed E-state index contributed by atoms with van der Waals surface area (Å²) in [5, 5.41) is 6.95. The van der Waals surface area contributed by atoms with Gasteiger partial charge in [0.15, 0.2) is 0 Å².